The van der Waals surface area contributed by atoms with E-state index in [1.807, 2.05) is 56.9 Å². The highest BCUT2D eigenvalue weighted by Crippen LogP contribution is 2.17. The summed E-state index contributed by atoms with van der Waals surface area (Å²) >= 11 is 0. The zero-order valence-corrected chi connectivity index (χ0v) is 19.9. The summed E-state index contributed by atoms with van der Waals surface area (Å²) < 4.78 is 25.9. The summed E-state index contributed by atoms with van der Waals surface area (Å²) in [4.78, 5) is 14.7. The second kappa shape index (κ2) is 11.0. The van der Waals surface area contributed by atoms with E-state index in [2.05, 4.69) is 10.0 Å². The van der Waals surface area contributed by atoms with Crippen molar-refractivity contribution in [1.82, 2.24) is 9.62 Å². The lowest BCUT2D eigenvalue weighted by molar-refractivity contribution is 0.0643. The van der Waals surface area contributed by atoms with Crippen LogP contribution < -0.4 is 10.0 Å². The lowest BCUT2D eigenvalue weighted by Crippen LogP contribution is -2.42. The summed E-state index contributed by atoms with van der Waals surface area (Å²) in [5.74, 6) is 0.0461. The van der Waals surface area contributed by atoms with Crippen LogP contribution in [0.15, 0.2) is 24.3 Å². The highest BCUT2D eigenvalue weighted by Gasteiger charge is 2.28. The molecule has 6 nitrogen and oxygen atoms in total. The summed E-state index contributed by atoms with van der Waals surface area (Å²) in [6.07, 6.45) is 2.65. The molecule has 1 aromatic rings. The Morgan fingerprint density at radius 2 is 1.59 bits per heavy atom. The van der Waals surface area contributed by atoms with Gasteiger partial charge in [-0.1, -0.05) is 12.5 Å². The number of nitrogens with zero attached hydrogens (tertiary/aromatic N) is 1. The average molecular weight is 426 g/mol. The maximum Gasteiger partial charge on any atom is 0.254 e. The summed E-state index contributed by atoms with van der Waals surface area (Å²) in [5, 5.41) is 3.36. The van der Waals surface area contributed by atoms with Gasteiger partial charge in [0.1, 0.15) is 0 Å². The third-order valence-corrected chi connectivity index (χ3v) is 6.93. The number of hydrogen-bond donors (Lipinski definition) is 2. The smallest absolute Gasteiger partial charge is 0.254 e. The van der Waals surface area contributed by atoms with E-state index in [1.54, 1.807) is 20.8 Å². The molecule has 1 aromatic carbocycles. The zero-order chi connectivity index (χ0) is 22.2. The van der Waals surface area contributed by atoms with Gasteiger partial charge in [0, 0.05) is 36.4 Å². The number of hydrogen-bond acceptors (Lipinski definition) is 4. The second-order valence-electron chi connectivity index (χ2n) is 8.98. The van der Waals surface area contributed by atoms with Gasteiger partial charge >= 0.3 is 0 Å². The molecule has 0 aliphatic heterocycles. The Bertz CT molecular complexity index is 745. The molecule has 166 valence electrons. The Morgan fingerprint density at radius 3 is 2.14 bits per heavy atom. The van der Waals surface area contributed by atoms with E-state index >= 15 is 0 Å². The maximum atomic E-state index is 12.8. The Balaban J connectivity index is 2.45. The maximum absolute atomic E-state index is 12.8. The van der Waals surface area contributed by atoms with Crippen LogP contribution in [0.25, 0.3) is 0 Å². The highest BCUT2D eigenvalue weighted by molar-refractivity contribution is 7.90. The van der Waals surface area contributed by atoms with Crippen LogP contribution in [-0.4, -0.2) is 49.1 Å². The minimum Gasteiger partial charge on any atom is -0.385 e. The van der Waals surface area contributed by atoms with Gasteiger partial charge in [0.25, 0.3) is 5.91 Å². The van der Waals surface area contributed by atoms with E-state index < -0.39 is 14.8 Å². The van der Waals surface area contributed by atoms with Gasteiger partial charge < -0.3 is 10.2 Å². The summed E-state index contributed by atoms with van der Waals surface area (Å²) in [6.45, 7) is 14.4. The molecule has 2 N–H and O–H groups in total. The van der Waals surface area contributed by atoms with Crippen molar-refractivity contribution in [2.45, 2.75) is 84.6 Å². The topological polar surface area (TPSA) is 78.5 Å². The van der Waals surface area contributed by atoms with Crippen molar-refractivity contribution in [3.8, 4) is 0 Å². The van der Waals surface area contributed by atoms with Crippen molar-refractivity contribution in [2.24, 2.45) is 0 Å². The molecule has 0 radical (unpaired) electrons. The molecule has 0 saturated heterocycles. The molecule has 0 saturated carbocycles. The molecule has 0 bridgehead atoms. The first kappa shape index (κ1) is 25.4. The average Bonchev–Trinajstić information content (AvgIpc) is 2.59. The van der Waals surface area contributed by atoms with Crippen LogP contribution >= 0.6 is 0 Å². The van der Waals surface area contributed by atoms with Crippen molar-refractivity contribution < 1.29 is 13.2 Å². The number of carbonyl (C=O) groups is 1. The normalized spacial score (nSPS) is 12.4. The molecule has 29 heavy (non-hydrogen) atoms. The number of nitrogens with one attached hydrogen (secondary N) is 2. The highest BCUT2D eigenvalue weighted by atomic mass is 32.2. The van der Waals surface area contributed by atoms with Gasteiger partial charge in [0.15, 0.2) is 0 Å². The lowest BCUT2D eigenvalue weighted by Gasteiger charge is -2.31. The van der Waals surface area contributed by atoms with Gasteiger partial charge in [-0.05, 0) is 79.5 Å². The molecule has 0 spiro atoms. The van der Waals surface area contributed by atoms with Gasteiger partial charge in [-0.3, -0.25) is 4.79 Å². The lowest BCUT2D eigenvalue weighted by atomic mass is 10.1. The van der Waals surface area contributed by atoms with Crippen molar-refractivity contribution >= 4 is 21.6 Å². The Kier molecular flexibility index (Phi) is 9.62. The summed E-state index contributed by atoms with van der Waals surface area (Å²) in [5.41, 5.74) is 1.62. The minimum absolute atomic E-state index is 0.0461. The molecule has 0 aliphatic rings. The molecule has 0 aromatic heterocycles. The number of anilines is 1. The SMILES string of the molecule is CC(C)N(C(=O)c1cccc(NCCCCCNS(=O)(=O)C(C)(C)C)c1)C(C)C. The molecular formula is C22H39N3O3S. The monoisotopic (exact) mass is 425 g/mol. The van der Waals surface area contributed by atoms with Crippen molar-refractivity contribution in [2.75, 3.05) is 18.4 Å². The molecule has 1 amide bonds. The fourth-order valence-electron chi connectivity index (χ4n) is 3.06. The molecule has 0 aliphatic carbocycles. The van der Waals surface area contributed by atoms with Crippen molar-refractivity contribution in [1.29, 1.82) is 0 Å². The van der Waals surface area contributed by atoms with E-state index in [-0.39, 0.29) is 18.0 Å². The predicted molar refractivity (Wildman–Crippen MR) is 122 cm³/mol. The molecule has 0 unspecified atom stereocenters. The quantitative estimate of drug-likeness (QED) is 0.520. The Hall–Kier alpha value is -1.60. The van der Waals surface area contributed by atoms with Crippen LogP contribution in [0.4, 0.5) is 5.69 Å². The summed E-state index contributed by atoms with van der Waals surface area (Å²) in [7, 11) is -3.27. The van der Waals surface area contributed by atoms with Gasteiger partial charge in [-0.25, -0.2) is 13.1 Å². The largest absolute Gasteiger partial charge is 0.385 e. The third-order valence-electron chi connectivity index (χ3n) is 4.74. The first-order valence-electron chi connectivity index (χ1n) is 10.5. The van der Waals surface area contributed by atoms with Crippen LogP contribution in [0, 0.1) is 0 Å². The molecule has 0 fully saturated rings. The first-order valence-corrected chi connectivity index (χ1v) is 12.0. The van der Waals surface area contributed by atoms with E-state index in [1.165, 1.54) is 0 Å². The molecular weight excluding hydrogens is 386 g/mol. The second-order valence-corrected chi connectivity index (χ2v) is 11.5. The van der Waals surface area contributed by atoms with Crippen LogP contribution in [0.2, 0.25) is 0 Å². The predicted octanol–water partition coefficient (Wildman–Crippen LogP) is 4.25. The molecule has 0 heterocycles. The first-order chi connectivity index (χ1) is 13.4. The van der Waals surface area contributed by atoms with Gasteiger partial charge in [-0.2, -0.15) is 0 Å². The number of sulfonamides is 1. The molecule has 7 heteroatoms. The number of rotatable bonds is 11. The Morgan fingerprint density at radius 1 is 1.00 bits per heavy atom. The standard InChI is InChI=1S/C22H39N3O3S/c1-17(2)25(18(3)4)21(26)19-12-11-13-20(16-19)23-14-9-8-10-15-24-29(27,28)22(5,6)7/h11-13,16-18,23-24H,8-10,14-15H2,1-7H3. The fourth-order valence-corrected chi connectivity index (χ4v) is 3.91. The summed E-state index contributed by atoms with van der Waals surface area (Å²) in [6, 6.07) is 7.91. The molecule has 1 rings (SSSR count). The number of carbonyl (C=O) groups excluding carboxylic acids is 1. The Labute approximate surface area is 177 Å². The van der Waals surface area contributed by atoms with Crippen LogP contribution in [0.3, 0.4) is 0 Å². The number of amides is 1. The third kappa shape index (κ3) is 7.97. The van der Waals surface area contributed by atoms with Crippen LogP contribution in [0.5, 0.6) is 0 Å². The van der Waals surface area contributed by atoms with E-state index in [4.69, 9.17) is 0 Å². The number of benzene rings is 1. The van der Waals surface area contributed by atoms with Crippen molar-refractivity contribution in [3.63, 3.8) is 0 Å². The van der Waals surface area contributed by atoms with Crippen LogP contribution in [0.1, 0.15) is 78.1 Å². The van der Waals surface area contributed by atoms with E-state index in [9.17, 15) is 13.2 Å². The fraction of sp³-hybridized carbons (Fsp3) is 0.682. The number of unbranched alkanes of at least 4 members (excludes halogenated alkanes) is 2. The van der Waals surface area contributed by atoms with Crippen molar-refractivity contribution in [3.05, 3.63) is 29.8 Å². The minimum atomic E-state index is -3.27. The van der Waals surface area contributed by atoms with Crippen LogP contribution in [-0.2, 0) is 10.0 Å². The molecule has 0 atom stereocenters. The van der Waals surface area contributed by atoms with E-state index in [0.29, 0.717) is 12.1 Å². The van der Waals surface area contributed by atoms with E-state index in [0.717, 1.165) is 31.5 Å². The van der Waals surface area contributed by atoms with Gasteiger partial charge in [0.2, 0.25) is 10.0 Å². The van der Waals surface area contributed by atoms with Gasteiger partial charge in [0.05, 0.1) is 4.75 Å². The van der Waals surface area contributed by atoms with Gasteiger partial charge in [-0.15, -0.1) is 0 Å². The zero-order valence-electron chi connectivity index (χ0n) is 19.1.